The highest BCUT2D eigenvalue weighted by Gasteiger charge is 2.11. The highest BCUT2D eigenvalue weighted by atomic mass is 32.2. The van der Waals surface area contributed by atoms with E-state index < -0.39 is 5.76 Å². The van der Waals surface area contributed by atoms with E-state index in [1.165, 1.54) is 31.2 Å². The Balaban J connectivity index is 2.13. The predicted octanol–water partition coefficient (Wildman–Crippen LogP) is 4.52. The zero-order valence-corrected chi connectivity index (χ0v) is 13.9. The van der Waals surface area contributed by atoms with E-state index in [4.69, 9.17) is 0 Å². The molecule has 2 N–H and O–H groups in total. The van der Waals surface area contributed by atoms with Gasteiger partial charge in [-0.15, -0.1) is 0 Å². The quantitative estimate of drug-likeness (QED) is 0.780. The van der Waals surface area contributed by atoms with Crippen molar-refractivity contribution in [2.45, 2.75) is 24.5 Å². The van der Waals surface area contributed by atoms with Crippen LogP contribution >= 0.6 is 11.8 Å². The lowest BCUT2D eigenvalue weighted by atomic mass is 10.1. The molecule has 7 heteroatoms. The van der Waals surface area contributed by atoms with Gasteiger partial charge in [0.05, 0.1) is 0 Å². The van der Waals surface area contributed by atoms with Crippen molar-refractivity contribution in [1.29, 1.82) is 0 Å². The third-order valence-electron chi connectivity index (χ3n) is 3.23. The summed E-state index contributed by atoms with van der Waals surface area (Å²) in [6.07, 6.45) is 0. The third-order valence-corrected chi connectivity index (χ3v) is 3.96. The monoisotopic (exact) mass is 350 g/mol. The predicted molar refractivity (Wildman–Crippen MR) is 91.7 cm³/mol. The van der Waals surface area contributed by atoms with Gasteiger partial charge in [0.2, 0.25) is 5.91 Å². The fourth-order valence-electron chi connectivity index (χ4n) is 2.08. The van der Waals surface area contributed by atoms with Crippen LogP contribution in [0.15, 0.2) is 47.4 Å². The van der Waals surface area contributed by atoms with Gasteiger partial charge in [-0.05, 0) is 48.9 Å². The van der Waals surface area contributed by atoms with Crippen LogP contribution in [-0.2, 0) is 4.79 Å². The number of hydrogen-bond donors (Lipinski definition) is 2. The van der Waals surface area contributed by atoms with Crippen LogP contribution in [0, 0.1) is 6.92 Å². The molecule has 0 aliphatic heterocycles. The summed E-state index contributed by atoms with van der Waals surface area (Å²) in [6, 6.07) is 11.1. The first-order valence-corrected chi connectivity index (χ1v) is 7.98. The summed E-state index contributed by atoms with van der Waals surface area (Å²) < 4.78 is 24.6. The van der Waals surface area contributed by atoms with Crippen LogP contribution < -0.4 is 10.6 Å². The second-order valence-corrected chi connectivity index (χ2v) is 6.08. The molecule has 2 rings (SSSR count). The molecule has 0 fully saturated rings. The smallest absolute Gasteiger partial charge is 0.288 e. The maximum Gasteiger partial charge on any atom is 0.288 e. The van der Waals surface area contributed by atoms with Crippen LogP contribution in [0.3, 0.4) is 0 Å². The van der Waals surface area contributed by atoms with Crippen molar-refractivity contribution < 1.29 is 18.4 Å². The van der Waals surface area contributed by atoms with Gasteiger partial charge in [0, 0.05) is 28.8 Å². The summed E-state index contributed by atoms with van der Waals surface area (Å²) in [5.74, 6) is -3.05. The molecule has 0 bridgehead atoms. The molecule has 0 heterocycles. The normalized spacial score (nSPS) is 10.5. The zero-order chi connectivity index (χ0) is 17.7. The molecule has 0 unspecified atom stereocenters. The van der Waals surface area contributed by atoms with Crippen LogP contribution in [0.5, 0.6) is 0 Å². The lowest BCUT2D eigenvalue weighted by Crippen LogP contribution is -2.14. The van der Waals surface area contributed by atoms with Gasteiger partial charge in [-0.2, -0.15) is 8.78 Å². The Hall–Kier alpha value is -2.41. The first-order chi connectivity index (χ1) is 11.4. The molecule has 2 aromatic carbocycles. The molecule has 126 valence electrons. The van der Waals surface area contributed by atoms with E-state index in [-0.39, 0.29) is 11.8 Å². The number of carbonyl (C=O) groups excluding carboxylic acids is 2. The average molecular weight is 350 g/mol. The van der Waals surface area contributed by atoms with Crippen molar-refractivity contribution in [1.82, 2.24) is 0 Å². The number of benzene rings is 2. The lowest BCUT2D eigenvalue weighted by Gasteiger charge is -2.13. The summed E-state index contributed by atoms with van der Waals surface area (Å²) in [5, 5.41) is 5.44. The number of thioether (sulfide) groups is 1. The van der Waals surface area contributed by atoms with E-state index in [9.17, 15) is 18.4 Å². The Morgan fingerprint density at radius 3 is 2.12 bits per heavy atom. The van der Waals surface area contributed by atoms with Crippen molar-refractivity contribution in [3.63, 3.8) is 0 Å². The maximum absolute atomic E-state index is 12.3. The summed E-state index contributed by atoms with van der Waals surface area (Å²) in [6.45, 7) is 3.19. The molecular weight excluding hydrogens is 334 g/mol. The third kappa shape index (κ3) is 4.79. The zero-order valence-electron chi connectivity index (χ0n) is 13.1. The van der Waals surface area contributed by atoms with Gasteiger partial charge in [0.25, 0.3) is 11.7 Å². The van der Waals surface area contributed by atoms with Gasteiger partial charge in [-0.1, -0.05) is 17.8 Å². The molecule has 0 atom stereocenters. The van der Waals surface area contributed by atoms with E-state index in [1.54, 1.807) is 25.1 Å². The number of carbonyl (C=O) groups is 2. The number of rotatable bonds is 5. The Labute approximate surface area is 142 Å². The fourth-order valence-corrected chi connectivity index (χ4v) is 2.58. The van der Waals surface area contributed by atoms with Gasteiger partial charge in [0.15, 0.2) is 0 Å². The minimum Gasteiger partial charge on any atom is -0.326 e. The SMILES string of the molecule is CC(=O)Nc1cccc(NC(=O)c2ccc(SC(F)F)cc2)c1C. The number of halogens is 2. The molecule has 0 spiro atoms. The molecule has 0 aliphatic carbocycles. The highest BCUT2D eigenvalue weighted by Crippen LogP contribution is 2.26. The Bertz CT molecular complexity index is 749. The van der Waals surface area contributed by atoms with Crippen molar-refractivity contribution in [3.8, 4) is 0 Å². The first-order valence-electron chi connectivity index (χ1n) is 7.10. The second kappa shape index (κ2) is 7.92. The lowest BCUT2D eigenvalue weighted by molar-refractivity contribution is -0.114. The topological polar surface area (TPSA) is 58.2 Å². The Kier molecular flexibility index (Phi) is 5.92. The van der Waals surface area contributed by atoms with Crippen molar-refractivity contribution in [3.05, 3.63) is 53.6 Å². The van der Waals surface area contributed by atoms with Crippen LogP contribution in [0.2, 0.25) is 0 Å². The van der Waals surface area contributed by atoms with E-state index in [1.807, 2.05) is 0 Å². The minimum absolute atomic E-state index is 0.200. The van der Waals surface area contributed by atoms with Crippen molar-refractivity contribution in [2.24, 2.45) is 0 Å². The van der Waals surface area contributed by atoms with E-state index in [2.05, 4.69) is 10.6 Å². The summed E-state index contributed by atoms with van der Waals surface area (Å²) >= 11 is 0.428. The van der Waals surface area contributed by atoms with Gasteiger partial charge in [-0.25, -0.2) is 0 Å². The number of anilines is 2. The second-order valence-electron chi connectivity index (χ2n) is 5.02. The molecule has 4 nitrogen and oxygen atoms in total. The van der Waals surface area contributed by atoms with Crippen molar-refractivity contribution in [2.75, 3.05) is 10.6 Å². The summed E-state index contributed by atoms with van der Waals surface area (Å²) in [4.78, 5) is 23.8. The number of hydrogen-bond acceptors (Lipinski definition) is 3. The minimum atomic E-state index is -2.50. The average Bonchev–Trinajstić information content (AvgIpc) is 2.51. The first kappa shape index (κ1) is 17.9. The Morgan fingerprint density at radius 1 is 1.00 bits per heavy atom. The van der Waals surface area contributed by atoms with Gasteiger partial charge < -0.3 is 10.6 Å². The molecule has 0 radical (unpaired) electrons. The van der Waals surface area contributed by atoms with Crippen LogP contribution in [0.25, 0.3) is 0 Å². The molecule has 2 aromatic rings. The molecule has 0 aromatic heterocycles. The number of nitrogens with one attached hydrogen (secondary N) is 2. The van der Waals surface area contributed by atoms with Gasteiger partial charge in [-0.3, -0.25) is 9.59 Å². The van der Waals surface area contributed by atoms with E-state index in [0.717, 1.165) is 5.56 Å². The van der Waals surface area contributed by atoms with E-state index in [0.29, 0.717) is 33.6 Å². The molecule has 0 saturated heterocycles. The molecule has 0 aliphatic rings. The maximum atomic E-state index is 12.3. The van der Waals surface area contributed by atoms with Crippen LogP contribution in [0.4, 0.5) is 20.2 Å². The van der Waals surface area contributed by atoms with Gasteiger partial charge in [0.1, 0.15) is 0 Å². The molecule has 2 amide bonds. The summed E-state index contributed by atoms with van der Waals surface area (Å²) in [5.41, 5.74) is 2.27. The number of alkyl halides is 2. The van der Waals surface area contributed by atoms with Crippen LogP contribution in [0.1, 0.15) is 22.8 Å². The van der Waals surface area contributed by atoms with Gasteiger partial charge >= 0.3 is 0 Å². The molecular formula is C17H16F2N2O2S. The largest absolute Gasteiger partial charge is 0.326 e. The fraction of sp³-hybridized carbons (Fsp3) is 0.176. The van der Waals surface area contributed by atoms with Crippen LogP contribution in [-0.4, -0.2) is 17.6 Å². The van der Waals surface area contributed by atoms with Crippen molar-refractivity contribution >= 4 is 35.0 Å². The van der Waals surface area contributed by atoms with E-state index >= 15 is 0 Å². The highest BCUT2D eigenvalue weighted by molar-refractivity contribution is 7.99. The standard InChI is InChI=1S/C17H16F2N2O2S/c1-10-14(20-11(2)22)4-3-5-15(10)21-16(23)12-6-8-13(9-7-12)24-17(18)19/h3-9,17H,1-2H3,(H,20,22)(H,21,23). The molecule has 0 saturated carbocycles. The summed E-state index contributed by atoms with van der Waals surface area (Å²) in [7, 11) is 0. The number of amides is 2. The Morgan fingerprint density at radius 2 is 1.58 bits per heavy atom. The molecule has 24 heavy (non-hydrogen) atoms.